The van der Waals surface area contributed by atoms with Gasteiger partial charge in [0.2, 0.25) is 0 Å². The lowest BCUT2D eigenvalue weighted by molar-refractivity contribution is 0.600. The quantitative estimate of drug-likeness (QED) is 0.164. The third-order valence-corrected chi connectivity index (χ3v) is 9.82. The van der Waals surface area contributed by atoms with E-state index in [0.29, 0.717) is 0 Å². The van der Waals surface area contributed by atoms with Crippen molar-refractivity contribution in [3.8, 4) is 56.2 Å². The number of hydrogen-bond acceptors (Lipinski definition) is 3. The molecule has 0 aliphatic heterocycles. The van der Waals surface area contributed by atoms with Gasteiger partial charge in [-0.25, -0.2) is 4.98 Å². The molecule has 12 aromatic rings. The Balaban J connectivity index is 1.31. The highest BCUT2D eigenvalue weighted by molar-refractivity contribution is 6.26. The molecule has 0 fully saturated rings. The Morgan fingerprint density at radius 2 is 0.965 bits per heavy atom. The van der Waals surface area contributed by atoms with Crippen molar-refractivity contribution in [1.82, 2.24) is 9.97 Å². The van der Waals surface area contributed by atoms with Gasteiger partial charge in [0.25, 0.3) is 0 Å². The SMILES string of the molecule is [2H]c1nc2c(c([2H])c1[2H])c([2H])c([2H])c1c([2H])c([2H])c(-c3ccc(-c4oc(-c5c([2H])c([2H])c6c([2H])c([2H])c7c([2H])c([2H])c([2H])c8c([2H])c([2H])c5c6c78)c(-c5c([2H])c([2H])c([2H])c([2H])c5[2H])c4-c4c([2H])c([2H])c([2H])c([2H])c4[2H])c4ccccc34)nc12. The molecule has 0 N–H and O–H groups in total. The van der Waals surface area contributed by atoms with Crippen molar-refractivity contribution in [1.29, 1.82) is 0 Å². The number of benzene rings is 9. The van der Waals surface area contributed by atoms with E-state index in [1.807, 2.05) is 0 Å². The fraction of sp³-hybridized carbons (Fsp3) is 0. The molecular weight excluding hydrogens is 693 g/mol. The summed E-state index contributed by atoms with van der Waals surface area (Å²) in [4.78, 5) is 8.87. The molecule has 0 radical (unpaired) electrons. The van der Waals surface area contributed by atoms with Crippen LogP contribution in [0, 0.1) is 0 Å². The first kappa shape index (κ1) is 15.5. The van der Waals surface area contributed by atoms with Gasteiger partial charge in [-0.15, -0.1) is 0 Å². The third-order valence-electron chi connectivity index (χ3n) is 9.82. The molecule has 0 unspecified atom stereocenters. The number of fused-ring (bicyclic) bond motifs is 4. The molecule has 9 aromatic carbocycles. The Morgan fingerprint density at radius 1 is 0.404 bits per heavy atom. The molecule has 0 amide bonds. The minimum absolute atomic E-state index is 0.0693. The maximum atomic E-state index is 9.83. The molecule has 0 saturated heterocycles. The fourth-order valence-corrected chi connectivity index (χ4v) is 7.40. The normalized spacial score (nSPS) is 18.2. The summed E-state index contributed by atoms with van der Waals surface area (Å²) in [5.41, 5.74) is -4.01. The number of aromatic nitrogens is 2. The molecule has 0 spiro atoms. The summed E-state index contributed by atoms with van der Waals surface area (Å²) in [6.07, 6.45) is -0.663. The minimum atomic E-state index is -0.949. The molecule has 3 heteroatoms. The minimum Gasteiger partial charge on any atom is -0.455 e. The van der Waals surface area contributed by atoms with Crippen molar-refractivity contribution in [2.45, 2.75) is 0 Å². The van der Waals surface area contributed by atoms with Gasteiger partial charge in [-0.1, -0.05) is 163 Å². The zero-order valence-corrected chi connectivity index (χ0v) is 28.8. The predicted octanol–water partition coefficient (Wildman–Crippen LogP) is 14.8. The van der Waals surface area contributed by atoms with Gasteiger partial charge in [0.15, 0.2) is 0 Å². The van der Waals surface area contributed by atoms with Crippen molar-refractivity contribution in [2.24, 2.45) is 0 Å². The lowest BCUT2D eigenvalue weighted by atomic mass is 9.87. The molecule has 3 nitrogen and oxygen atoms in total. The summed E-state index contributed by atoms with van der Waals surface area (Å²) in [6, 6.07) is -10.7. The van der Waals surface area contributed by atoms with Gasteiger partial charge in [0.1, 0.15) is 11.5 Å². The topological polar surface area (TPSA) is 38.9 Å². The second-order valence-corrected chi connectivity index (χ2v) is 12.8. The van der Waals surface area contributed by atoms with Crippen molar-refractivity contribution < 1.29 is 40.1 Å². The van der Waals surface area contributed by atoms with E-state index in [4.69, 9.17) is 30.0 Å². The largest absolute Gasteiger partial charge is 0.455 e. The fourth-order valence-electron chi connectivity index (χ4n) is 7.40. The van der Waals surface area contributed by atoms with Crippen LogP contribution in [0.25, 0.3) is 121 Å². The second kappa shape index (κ2) is 12.5. The Morgan fingerprint density at radius 3 is 1.70 bits per heavy atom. The van der Waals surface area contributed by atoms with E-state index in [0.717, 1.165) is 0 Å². The van der Waals surface area contributed by atoms with E-state index >= 15 is 0 Å². The Kier molecular flexibility index (Phi) is 3.38. The number of hydrogen-bond donors (Lipinski definition) is 0. The highest BCUT2D eigenvalue weighted by Gasteiger charge is 2.28. The maximum Gasteiger partial charge on any atom is 0.143 e. The first-order valence-electron chi connectivity index (χ1n) is 30.3. The van der Waals surface area contributed by atoms with E-state index in [2.05, 4.69) is 4.98 Å². The van der Waals surface area contributed by atoms with E-state index < -0.39 is 218 Å². The standard InChI is InChI=1S/C54H32N2O/c1-3-11-33(12-4-1)49-50(34-13-5-2-6-14-34)54(45-28-25-37-21-20-35-15-9-16-36-24-27-43(45)48(37)47(35)36)57-53(49)44-30-29-42(40-18-7-8-19-41(40)44)46-31-26-39-23-22-38-17-10-32-55-51(38)52(39)56-46/h1-32H/i1D,2D,3D,4D,5D,6D,9D,10D,11D,12D,13D,14D,15D,16D,17D,20D,21D,22D,23D,24D,25D,26D,27D,28D,31D,32D. The smallest absolute Gasteiger partial charge is 0.143 e. The molecule has 0 aliphatic rings. The molecule has 3 heterocycles. The van der Waals surface area contributed by atoms with Gasteiger partial charge in [-0.3, -0.25) is 4.98 Å². The zero-order valence-electron chi connectivity index (χ0n) is 54.8. The molecule has 3 aromatic heterocycles. The number of pyridine rings is 2. The third kappa shape index (κ3) is 4.86. The van der Waals surface area contributed by atoms with Crippen molar-refractivity contribution in [3.05, 3.63) is 194 Å². The zero-order chi connectivity index (χ0) is 60.1. The summed E-state index contributed by atoms with van der Waals surface area (Å²) in [7, 11) is 0. The first-order valence-corrected chi connectivity index (χ1v) is 17.3. The van der Waals surface area contributed by atoms with Crippen molar-refractivity contribution in [3.63, 3.8) is 0 Å². The van der Waals surface area contributed by atoms with Gasteiger partial charge in [-0.2, -0.15) is 0 Å². The van der Waals surface area contributed by atoms with Crippen LogP contribution < -0.4 is 0 Å². The van der Waals surface area contributed by atoms with Crippen LogP contribution in [0.15, 0.2) is 198 Å². The molecule has 12 rings (SSSR count). The lowest BCUT2D eigenvalue weighted by Gasteiger charge is -2.14. The summed E-state index contributed by atoms with van der Waals surface area (Å²) in [5.74, 6) is -1.24. The van der Waals surface area contributed by atoms with Crippen LogP contribution in [-0.4, -0.2) is 9.97 Å². The van der Waals surface area contributed by atoms with E-state index in [1.165, 1.54) is 18.2 Å². The van der Waals surface area contributed by atoms with Crippen LogP contribution in [-0.2, 0) is 0 Å². The summed E-state index contributed by atoms with van der Waals surface area (Å²) >= 11 is 0. The number of nitrogens with zero attached hydrogens (tertiary/aromatic N) is 2. The highest BCUT2D eigenvalue weighted by atomic mass is 16.3. The van der Waals surface area contributed by atoms with Gasteiger partial charge in [-0.05, 0) is 78.4 Å². The molecule has 0 aliphatic carbocycles. The van der Waals surface area contributed by atoms with Gasteiger partial charge in [0, 0.05) is 44.8 Å². The van der Waals surface area contributed by atoms with Crippen LogP contribution in [0.5, 0.6) is 0 Å². The van der Waals surface area contributed by atoms with E-state index in [1.54, 1.807) is 18.2 Å². The Bertz CT molecular complexity index is 4970. The average Bonchev–Trinajstić information content (AvgIpc) is 1.71. The average molecular weight is 751 g/mol. The van der Waals surface area contributed by atoms with Crippen molar-refractivity contribution in [2.75, 3.05) is 0 Å². The lowest BCUT2D eigenvalue weighted by Crippen LogP contribution is -1.91. The van der Waals surface area contributed by atoms with Crippen LogP contribution >= 0.6 is 0 Å². The van der Waals surface area contributed by atoms with Crippen LogP contribution in [0.2, 0.25) is 0 Å². The van der Waals surface area contributed by atoms with Gasteiger partial charge in [0.05, 0.1) is 52.4 Å². The molecule has 0 saturated carbocycles. The molecular formula is C54H32N2O. The van der Waals surface area contributed by atoms with Crippen LogP contribution in [0.3, 0.4) is 0 Å². The molecule has 0 atom stereocenters. The highest BCUT2D eigenvalue weighted by Crippen LogP contribution is 2.52. The predicted molar refractivity (Wildman–Crippen MR) is 238 cm³/mol. The van der Waals surface area contributed by atoms with E-state index in [9.17, 15) is 15.1 Å². The van der Waals surface area contributed by atoms with Gasteiger partial charge < -0.3 is 4.42 Å². The summed E-state index contributed by atoms with van der Waals surface area (Å²) in [5, 5.41) is -2.69. The van der Waals surface area contributed by atoms with Crippen molar-refractivity contribution >= 4 is 64.9 Å². The molecule has 264 valence electrons. The van der Waals surface area contributed by atoms with Gasteiger partial charge >= 0.3 is 0 Å². The molecule has 57 heavy (non-hydrogen) atoms. The summed E-state index contributed by atoms with van der Waals surface area (Å²) in [6.45, 7) is 0. The van der Waals surface area contributed by atoms with Crippen LogP contribution in [0.4, 0.5) is 0 Å². The van der Waals surface area contributed by atoms with Crippen LogP contribution in [0.1, 0.15) is 35.6 Å². The first-order chi connectivity index (χ1) is 39.1. The monoisotopic (exact) mass is 750 g/mol. The van der Waals surface area contributed by atoms with E-state index in [-0.39, 0.29) is 60.2 Å². The Labute approximate surface area is 365 Å². The maximum absolute atomic E-state index is 9.83. The molecule has 0 bridgehead atoms. The summed E-state index contributed by atoms with van der Waals surface area (Å²) < 4.78 is 242. The number of rotatable bonds is 5. The number of furan rings is 1. The Hall–Kier alpha value is -7.62. The second-order valence-electron chi connectivity index (χ2n) is 12.8.